The number of fused-ring (bicyclic) bond motifs is 1. The van der Waals surface area contributed by atoms with Crippen LogP contribution >= 0.6 is 11.6 Å². The molecule has 0 saturated carbocycles. The fraction of sp³-hybridized carbons (Fsp3) is 0.0385. The average Bonchev–Trinajstić information content (AvgIpc) is 3.12. The molecule has 3 aromatic carbocycles. The third-order valence-corrected chi connectivity index (χ3v) is 5.62. The molecule has 0 aliphatic rings. The van der Waals surface area contributed by atoms with Gasteiger partial charge in [0, 0.05) is 28.9 Å². The Morgan fingerprint density at radius 1 is 0.774 bits per heavy atom. The lowest BCUT2D eigenvalue weighted by Gasteiger charge is -2.13. The summed E-state index contributed by atoms with van der Waals surface area (Å²) in [6, 6.07) is 29.9. The number of para-hydroxylation sites is 2. The highest BCUT2D eigenvalue weighted by molar-refractivity contribution is 6.30. The molecule has 0 unspecified atom stereocenters. The largest absolute Gasteiger partial charge is 0.507 e. The maximum atomic E-state index is 12.8. The topological polar surface area (TPSA) is 47.2 Å². The van der Waals surface area contributed by atoms with Gasteiger partial charge >= 0.3 is 0 Å². The Kier molecular flexibility index (Phi) is 4.85. The van der Waals surface area contributed by atoms with Gasteiger partial charge in [-0.25, -0.2) is 0 Å². The lowest BCUT2D eigenvalue weighted by atomic mass is 10.1. The van der Waals surface area contributed by atoms with E-state index in [2.05, 4.69) is 4.57 Å². The Morgan fingerprint density at radius 3 is 2.32 bits per heavy atom. The smallest absolute Gasteiger partial charge is 0.255 e. The molecule has 31 heavy (non-hydrogen) atoms. The van der Waals surface area contributed by atoms with Gasteiger partial charge in [-0.15, -0.1) is 0 Å². The van der Waals surface area contributed by atoms with Crippen molar-refractivity contribution in [3.05, 3.63) is 118 Å². The van der Waals surface area contributed by atoms with Crippen LogP contribution in [-0.2, 0) is 6.54 Å². The van der Waals surface area contributed by atoms with E-state index in [9.17, 15) is 9.90 Å². The summed E-state index contributed by atoms with van der Waals surface area (Å²) in [4.78, 5) is 12.8. The number of hydrogen-bond acceptors (Lipinski definition) is 2. The van der Waals surface area contributed by atoms with Crippen LogP contribution in [0.4, 0.5) is 0 Å². The van der Waals surface area contributed by atoms with E-state index in [1.54, 1.807) is 22.8 Å². The van der Waals surface area contributed by atoms with Gasteiger partial charge in [0.25, 0.3) is 5.56 Å². The van der Waals surface area contributed by atoms with Crippen LogP contribution in [0.5, 0.6) is 5.75 Å². The second-order valence-electron chi connectivity index (χ2n) is 7.38. The van der Waals surface area contributed by atoms with Crippen LogP contribution in [0.1, 0.15) is 5.56 Å². The van der Waals surface area contributed by atoms with Crippen molar-refractivity contribution in [2.45, 2.75) is 6.54 Å². The van der Waals surface area contributed by atoms with E-state index in [1.165, 1.54) is 0 Å². The van der Waals surface area contributed by atoms with E-state index in [0.29, 0.717) is 17.1 Å². The van der Waals surface area contributed by atoms with Crippen LogP contribution in [0.2, 0.25) is 5.02 Å². The monoisotopic (exact) mass is 426 g/mol. The second kappa shape index (κ2) is 7.82. The van der Waals surface area contributed by atoms with Crippen LogP contribution in [-0.4, -0.2) is 14.2 Å². The molecule has 2 aromatic heterocycles. The zero-order valence-electron chi connectivity index (χ0n) is 16.6. The molecule has 1 N–H and O–H groups in total. The molecule has 0 aliphatic carbocycles. The number of aromatic nitrogens is 2. The van der Waals surface area contributed by atoms with Gasteiger partial charge in [0.05, 0.1) is 16.7 Å². The third kappa shape index (κ3) is 3.51. The first-order valence-electron chi connectivity index (χ1n) is 9.95. The minimum absolute atomic E-state index is 0.109. The molecule has 5 heteroatoms. The van der Waals surface area contributed by atoms with Crippen molar-refractivity contribution in [1.29, 1.82) is 0 Å². The molecule has 0 radical (unpaired) electrons. The molecule has 2 heterocycles. The Bertz CT molecular complexity index is 1450. The van der Waals surface area contributed by atoms with Crippen molar-refractivity contribution in [2.75, 3.05) is 0 Å². The molecule has 4 nitrogen and oxygen atoms in total. The van der Waals surface area contributed by atoms with Gasteiger partial charge in [-0.05, 0) is 54.1 Å². The molecule has 0 atom stereocenters. The van der Waals surface area contributed by atoms with Crippen molar-refractivity contribution in [2.24, 2.45) is 0 Å². The normalized spacial score (nSPS) is 11.1. The van der Waals surface area contributed by atoms with Gasteiger partial charge in [-0.3, -0.25) is 9.36 Å². The van der Waals surface area contributed by atoms with Crippen molar-refractivity contribution in [3.8, 4) is 22.7 Å². The summed E-state index contributed by atoms with van der Waals surface area (Å²) < 4.78 is 3.81. The van der Waals surface area contributed by atoms with Gasteiger partial charge in [0.2, 0.25) is 0 Å². The fourth-order valence-corrected chi connectivity index (χ4v) is 4.21. The van der Waals surface area contributed by atoms with Crippen molar-refractivity contribution >= 4 is 22.6 Å². The van der Waals surface area contributed by atoms with Crippen molar-refractivity contribution < 1.29 is 5.11 Å². The lowest BCUT2D eigenvalue weighted by Crippen LogP contribution is -2.17. The first-order chi connectivity index (χ1) is 15.1. The molecule has 5 rings (SSSR count). The maximum absolute atomic E-state index is 12.8. The molecular formula is C26H19ClN2O2. The molecule has 0 amide bonds. The van der Waals surface area contributed by atoms with Crippen LogP contribution < -0.4 is 5.56 Å². The number of rotatable bonds is 4. The number of hydrogen-bond donors (Lipinski definition) is 1. The highest BCUT2D eigenvalue weighted by atomic mass is 35.5. The highest BCUT2D eigenvalue weighted by Crippen LogP contribution is 2.34. The lowest BCUT2D eigenvalue weighted by molar-refractivity contribution is 0.477. The Morgan fingerprint density at radius 2 is 1.55 bits per heavy atom. The molecular weight excluding hydrogens is 408 g/mol. The van der Waals surface area contributed by atoms with E-state index < -0.39 is 0 Å². The summed E-state index contributed by atoms with van der Waals surface area (Å²) in [6.07, 6.45) is 0. The molecule has 152 valence electrons. The summed E-state index contributed by atoms with van der Waals surface area (Å²) in [5, 5.41) is 11.2. The van der Waals surface area contributed by atoms with Crippen molar-refractivity contribution in [3.63, 3.8) is 0 Å². The first kappa shape index (κ1) is 19.2. The molecule has 0 saturated heterocycles. The van der Waals surface area contributed by atoms with E-state index in [-0.39, 0.29) is 11.3 Å². The highest BCUT2D eigenvalue weighted by Gasteiger charge is 2.17. The van der Waals surface area contributed by atoms with Crippen LogP contribution in [0.25, 0.3) is 28.0 Å². The zero-order chi connectivity index (χ0) is 21.4. The summed E-state index contributed by atoms with van der Waals surface area (Å²) >= 11 is 6.22. The fourth-order valence-electron chi connectivity index (χ4n) is 3.99. The summed E-state index contributed by atoms with van der Waals surface area (Å²) in [5.74, 6) is 0.186. The quantitative estimate of drug-likeness (QED) is 0.391. The maximum Gasteiger partial charge on any atom is 0.255 e. The predicted octanol–water partition coefficient (Wildman–Crippen LogP) is 5.87. The van der Waals surface area contributed by atoms with Gasteiger partial charge in [0.15, 0.2) is 0 Å². The average molecular weight is 427 g/mol. The number of nitrogens with zero attached hydrogens (tertiary/aromatic N) is 2. The summed E-state index contributed by atoms with van der Waals surface area (Å²) in [5.41, 5.74) is 4.90. The predicted molar refractivity (Wildman–Crippen MR) is 125 cm³/mol. The number of halogens is 1. The first-order valence-corrected chi connectivity index (χ1v) is 10.3. The van der Waals surface area contributed by atoms with E-state index in [4.69, 9.17) is 11.6 Å². The number of pyridine rings is 1. The SMILES string of the molecule is O=c1ccc2c(cc(-c3ccccc3O)n2Cc2cccc(Cl)c2)n1-c1ccccc1. The van der Waals surface area contributed by atoms with Crippen LogP contribution in [0, 0.1) is 0 Å². The Balaban J connectivity index is 1.82. The minimum atomic E-state index is -0.109. The molecule has 5 aromatic rings. The second-order valence-corrected chi connectivity index (χ2v) is 7.81. The Labute approximate surface area is 184 Å². The number of benzene rings is 3. The molecule has 0 spiro atoms. The van der Waals surface area contributed by atoms with E-state index in [0.717, 1.165) is 28.0 Å². The van der Waals surface area contributed by atoms with E-state index >= 15 is 0 Å². The minimum Gasteiger partial charge on any atom is -0.507 e. The van der Waals surface area contributed by atoms with Crippen LogP contribution in [0.3, 0.4) is 0 Å². The summed E-state index contributed by atoms with van der Waals surface area (Å²) in [6.45, 7) is 0.542. The third-order valence-electron chi connectivity index (χ3n) is 5.39. The molecule has 0 fully saturated rings. The summed E-state index contributed by atoms with van der Waals surface area (Å²) in [7, 11) is 0. The zero-order valence-corrected chi connectivity index (χ0v) is 17.3. The van der Waals surface area contributed by atoms with Gasteiger partial charge in [-0.2, -0.15) is 0 Å². The number of phenols is 1. The van der Waals surface area contributed by atoms with Gasteiger partial charge < -0.3 is 9.67 Å². The van der Waals surface area contributed by atoms with Crippen molar-refractivity contribution in [1.82, 2.24) is 9.13 Å². The van der Waals surface area contributed by atoms with E-state index in [1.807, 2.05) is 78.9 Å². The Hall–Kier alpha value is -3.76. The van der Waals surface area contributed by atoms with Gasteiger partial charge in [-0.1, -0.05) is 54.1 Å². The van der Waals surface area contributed by atoms with Gasteiger partial charge in [0.1, 0.15) is 5.75 Å². The number of phenolic OH excluding ortho intramolecular Hbond substituents is 1. The van der Waals surface area contributed by atoms with Crippen LogP contribution in [0.15, 0.2) is 102 Å². The molecule has 0 bridgehead atoms. The standard InChI is InChI=1S/C26H19ClN2O2/c27-19-8-6-7-18(15-19)17-28-22-13-14-26(31)29(20-9-2-1-3-10-20)24(22)16-23(28)21-11-4-5-12-25(21)30/h1-16,30H,17H2. The molecule has 0 aliphatic heterocycles. The number of aromatic hydroxyl groups is 1.